The highest BCUT2D eigenvalue weighted by Gasteiger charge is 2.21. The Morgan fingerprint density at radius 1 is 1.06 bits per heavy atom. The highest BCUT2D eigenvalue weighted by atomic mass is 16.1. The van der Waals surface area contributed by atoms with Crippen molar-refractivity contribution in [2.45, 2.75) is 32.9 Å². The van der Waals surface area contributed by atoms with Gasteiger partial charge in [-0.1, -0.05) is 44.2 Å². The molecule has 7 heteroatoms. The number of carbonyl (C=O) groups is 1. The molecule has 1 fully saturated rings. The van der Waals surface area contributed by atoms with Crippen molar-refractivity contribution in [2.24, 2.45) is 0 Å². The fraction of sp³-hybridized carbons (Fsp3) is 0.400. The van der Waals surface area contributed by atoms with Crippen molar-refractivity contribution in [2.75, 3.05) is 33.2 Å². The Bertz CT molecular complexity index is 1040. The van der Waals surface area contributed by atoms with Crippen LogP contribution in [0.25, 0.3) is 5.82 Å². The van der Waals surface area contributed by atoms with Crippen LogP contribution in [0.5, 0.6) is 0 Å². The van der Waals surface area contributed by atoms with Crippen LogP contribution in [-0.4, -0.2) is 63.7 Å². The van der Waals surface area contributed by atoms with Crippen LogP contribution in [-0.2, 0) is 13.1 Å². The number of hydrogen-bond acceptors (Lipinski definition) is 5. The maximum Gasteiger partial charge on any atom is 0.255 e. The SMILES string of the molecule is CC(C)c1c(C(=O)NCc2cccc(CN3CCN(C)CC3)c2)cnn1-c1ccccn1. The number of carbonyl (C=O) groups excluding carboxylic acids is 1. The van der Waals surface area contributed by atoms with Gasteiger partial charge in [0.25, 0.3) is 5.91 Å². The molecule has 7 nitrogen and oxygen atoms in total. The molecule has 1 saturated heterocycles. The topological polar surface area (TPSA) is 66.3 Å². The molecule has 4 rings (SSSR count). The van der Waals surface area contributed by atoms with Gasteiger partial charge in [-0.15, -0.1) is 0 Å². The number of nitrogens with one attached hydrogen (secondary N) is 1. The predicted molar refractivity (Wildman–Crippen MR) is 126 cm³/mol. The van der Waals surface area contributed by atoms with Crippen LogP contribution in [0.2, 0.25) is 0 Å². The lowest BCUT2D eigenvalue weighted by Gasteiger charge is -2.32. The van der Waals surface area contributed by atoms with Crippen LogP contribution in [0.1, 0.15) is 46.9 Å². The van der Waals surface area contributed by atoms with Gasteiger partial charge in [-0.2, -0.15) is 5.10 Å². The molecule has 168 valence electrons. The summed E-state index contributed by atoms with van der Waals surface area (Å²) in [5.74, 6) is 0.736. The summed E-state index contributed by atoms with van der Waals surface area (Å²) in [6.07, 6.45) is 3.37. The minimum absolute atomic E-state index is 0.111. The standard InChI is InChI=1S/C25H32N6O/c1-19(2)24-22(17-28-31(24)23-9-4-5-10-26-23)25(32)27-16-20-7-6-8-21(15-20)18-30-13-11-29(3)12-14-30/h4-10,15,17,19H,11-14,16,18H2,1-3H3,(H,27,32). The molecule has 2 aromatic heterocycles. The second kappa shape index (κ2) is 10.1. The molecule has 0 aliphatic carbocycles. The summed E-state index contributed by atoms with van der Waals surface area (Å²) in [5.41, 5.74) is 3.85. The van der Waals surface area contributed by atoms with Crippen molar-refractivity contribution in [3.8, 4) is 5.82 Å². The zero-order valence-electron chi connectivity index (χ0n) is 19.2. The minimum Gasteiger partial charge on any atom is -0.348 e. The Labute approximate surface area is 190 Å². The third-order valence-electron chi connectivity index (χ3n) is 5.91. The van der Waals surface area contributed by atoms with E-state index in [1.807, 2.05) is 18.2 Å². The van der Waals surface area contributed by atoms with Crippen LogP contribution < -0.4 is 5.32 Å². The highest BCUT2D eigenvalue weighted by Crippen LogP contribution is 2.22. The lowest BCUT2D eigenvalue weighted by Crippen LogP contribution is -2.43. The smallest absolute Gasteiger partial charge is 0.255 e. The highest BCUT2D eigenvalue weighted by molar-refractivity contribution is 5.95. The van der Waals surface area contributed by atoms with Gasteiger partial charge in [-0.05, 0) is 36.2 Å². The number of likely N-dealkylation sites (N-methyl/N-ethyl adjacent to an activating group) is 1. The van der Waals surface area contributed by atoms with Gasteiger partial charge in [-0.25, -0.2) is 9.67 Å². The first-order valence-corrected chi connectivity index (χ1v) is 11.3. The summed E-state index contributed by atoms with van der Waals surface area (Å²) in [5, 5.41) is 7.53. The van der Waals surface area contributed by atoms with Gasteiger partial charge >= 0.3 is 0 Å². The van der Waals surface area contributed by atoms with Crippen LogP contribution in [0.4, 0.5) is 0 Å². The number of pyridine rings is 1. The van der Waals surface area contributed by atoms with Crippen molar-refractivity contribution in [3.63, 3.8) is 0 Å². The normalized spacial score (nSPS) is 15.2. The average molecular weight is 433 g/mol. The van der Waals surface area contributed by atoms with Crippen molar-refractivity contribution in [1.82, 2.24) is 29.9 Å². The molecule has 1 amide bonds. The zero-order valence-corrected chi connectivity index (χ0v) is 19.2. The molecule has 0 spiro atoms. The van der Waals surface area contributed by atoms with Gasteiger partial charge in [0.1, 0.15) is 0 Å². The molecule has 32 heavy (non-hydrogen) atoms. The van der Waals surface area contributed by atoms with E-state index < -0.39 is 0 Å². The fourth-order valence-corrected chi connectivity index (χ4v) is 4.13. The Morgan fingerprint density at radius 2 is 1.84 bits per heavy atom. The van der Waals surface area contributed by atoms with Gasteiger partial charge in [0.2, 0.25) is 0 Å². The lowest BCUT2D eigenvalue weighted by atomic mass is 10.0. The van der Waals surface area contributed by atoms with E-state index in [0.717, 1.165) is 44.0 Å². The first-order valence-electron chi connectivity index (χ1n) is 11.3. The molecular weight excluding hydrogens is 400 g/mol. The number of nitrogens with zero attached hydrogens (tertiary/aromatic N) is 5. The quantitative estimate of drug-likeness (QED) is 0.622. The van der Waals surface area contributed by atoms with Crippen molar-refractivity contribution in [1.29, 1.82) is 0 Å². The molecule has 1 aliphatic rings. The minimum atomic E-state index is -0.111. The van der Waals surface area contributed by atoms with Crippen LogP contribution >= 0.6 is 0 Å². The summed E-state index contributed by atoms with van der Waals surface area (Å²) in [6, 6.07) is 14.2. The summed E-state index contributed by atoms with van der Waals surface area (Å²) < 4.78 is 1.76. The fourth-order valence-electron chi connectivity index (χ4n) is 4.13. The number of benzene rings is 1. The van der Waals surface area contributed by atoms with Crippen LogP contribution in [0.3, 0.4) is 0 Å². The molecule has 0 radical (unpaired) electrons. The van der Waals surface area contributed by atoms with E-state index in [2.05, 4.69) is 70.4 Å². The molecule has 1 aromatic carbocycles. The van der Waals surface area contributed by atoms with E-state index in [9.17, 15) is 4.79 Å². The molecule has 0 bridgehead atoms. The summed E-state index contributed by atoms with van der Waals surface area (Å²) in [4.78, 5) is 22.3. The van der Waals surface area contributed by atoms with Gasteiger partial charge in [0, 0.05) is 45.5 Å². The molecular formula is C25H32N6O. The molecule has 0 atom stereocenters. The number of amides is 1. The molecule has 0 saturated carbocycles. The first kappa shape index (κ1) is 22.2. The molecule has 3 heterocycles. The summed E-state index contributed by atoms with van der Waals surface area (Å²) >= 11 is 0. The van der Waals surface area contributed by atoms with Gasteiger partial charge < -0.3 is 10.2 Å². The van der Waals surface area contributed by atoms with Crippen molar-refractivity contribution >= 4 is 5.91 Å². The summed E-state index contributed by atoms with van der Waals surface area (Å²) in [6.45, 7) is 9.97. The number of hydrogen-bond donors (Lipinski definition) is 1. The zero-order chi connectivity index (χ0) is 22.5. The van der Waals surface area contributed by atoms with Crippen molar-refractivity contribution < 1.29 is 4.79 Å². The Balaban J connectivity index is 1.42. The maximum absolute atomic E-state index is 13.0. The van der Waals surface area contributed by atoms with Gasteiger partial charge in [0.05, 0.1) is 17.5 Å². The van der Waals surface area contributed by atoms with E-state index in [0.29, 0.717) is 17.9 Å². The second-order valence-corrected chi connectivity index (χ2v) is 8.78. The third kappa shape index (κ3) is 5.23. The number of piperazine rings is 1. The molecule has 0 unspecified atom stereocenters. The van der Waals surface area contributed by atoms with Gasteiger partial charge in [0.15, 0.2) is 5.82 Å². The largest absolute Gasteiger partial charge is 0.348 e. The van der Waals surface area contributed by atoms with E-state index >= 15 is 0 Å². The van der Waals surface area contributed by atoms with E-state index in [1.54, 1.807) is 17.1 Å². The average Bonchev–Trinajstić information content (AvgIpc) is 3.26. The van der Waals surface area contributed by atoms with Crippen LogP contribution in [0.15, 0.2) is 54.9 Å². The van der Waals surface area contributed by atoms with Gasteiger partial charge in [-0.3, -0.25) is 9.69 Å². The molecule has 1 N–H and O–H groups in total. The first-order chi connectivity index (χ1) is 15.5. The van der Waals surface area contributed by atoms with E-state index in [-0.39, 0.29) is 11.8 Å². The van der Waals surface area contributed by atoms with Crippen LogP contribution in [0, 0.1) is 0 Å². The Morgan fingerprint density at radius 3 is 2.56 bits per heavy atom. The van der Waals surface area contributed by atoms with E-state index in [4.69, 9.17) is 0 Å². The maximum atomic E-state index is 13.0. The number of rotatable bonds is 7. The monoisotopic (exact) mass is 432 g/mol. The molecule has 3 aromatic rings. The second-order valence-electron chi connectivity index (χ2n) is 8.78. The lowest BCUT2D eigenvalue weighted by molar-refractivity contribution is 0.0949. The number of aromatic nitrogens is 3. The Kier molecular flexibility index (Phi) is 6.97. The predicted octanol–water partition coefficient (Wildman–Crippen LogP) is 3.07. The van der Waals surface area contributed by atoms with E-state index in [1.165, 1.54) is 5.56 Å². The molecule has 1 aliphatic heterocycles. The summed E-state index contributed by atoms with van der Waals surface area (Å²) in [7, 11) is 2.17. The van der Waals surface area contributed by atoms with Crippen molar-refractivity contribution in [3.05, 3.63) is 77.2 Å². The third-order valence-corrected chi connectivity index (χ3v) is 5.91. The Hall–Kier alpha value is -3.03.